The van der Waals surface area contributed by atoms with Crippen LogP contribution in [0.5, 0.6) is 0 Å². The molecule has 196 valence electrons. The monoisotopic (exact) mass is 524 g/mol. The van der Waals surface area contributed by atoms with E-state index < -0.39 is 51.9 Å². The van der Waals surface area contributed by atoms with E-state index in [-0.39, 0.29) is 4.22 Å². The van der Waals surface area contributed by atoms with Crippen LogP contribution in [-0.4, -0.2) is 17.9 Å². The van der Waals surface area contributed by atoms with Gasteiger partial charge in [-0.25, -0.2) is 0 Å². The molecule has 6 nitrogen and oxygen atoms in total. The first kappa shape index (κ1) is 28.2. The molecule has 3 aliphatic carbocycles. The number of fused-ring (bicyclic) bond motifs is 1. The van der Waals surface area contributed by atoms with E-state index in [0.29, 0.717) is 6.42 Å². The molecule has 3 rings (SSSR count). The topological polar surface area (TPSA) is 78.9 Å². The zero-order chi connectivity index (χ0) is 26.4. The molecule has 1 unspecified atom stereocenters. The second-order valence-corrected chi connectivity index (χ2v) is 17.4. The normalized spacial score (nSPS) is 21.3. The molecule has 1 atom stereocenters. The summed E-state index contributed by atoms with van der Waals surface area (Å²) in [6, 6.07) is 0. The average Bonchev–Trinajstić information content (AvgIpc) is 3.10. The molecule has 0 aromatic heterocycles. The summed E-state index contributed by atoms with van der Waals surface area (Å²) < 4.78 is 18.4. The average molecular weight is 525 g/mol. The van der Waals surface area contributed by atoms with E-state index in [1.54, 1.807) is 62.3 Å². The third-order valence-corrected chi connectivity index (χ3v) is 11.6. The Morgan fingerprint density at radius 2 is 1.09 bits per heavy atom. The Balaban J connectivity index is 2.15. The van der Waals surface area contributed by atoms with Crippen molar-refractivity contribution in [3.05, 3.63) is 22.3 Å². The van der Waals surface area contributed by atoms with Gasteiger partial charge in [0.1, 0.15) is 0 Å². The first-order valence-corrected chi connectivity index (χ1v) is 15.9. The van der Waals surface area contributed by atoms with Crippen molar-refractivity contribution < 1.29 is 42.1 Å². The van der Waals surface area contributed by atoms with Gasteiger partial charge in [-0.05, 0) is 0 Å². The van der Waals surface area contributed by atoms with Crippen LogP contribution in [0.25, 0.3) is 0 Å². The van der Waals surface area contributed by atoms with E-state index in [4.69, 9.17) is 9.96 Å². The van der Waals surface area contributed by atoms with Crippen LogP contribution in [0.3, 0.4) is 0 Å². The number of carbonyl (C=O) groups excluding carboxylic acids is 3. The van der Waals surface area contributed by atoms with E-state index in [0.717, 1.165) is 32.1 Å². The fourth-order valence-electron chi connectivity index (χ4n) is 4.87. The molecule has 0 spiro atoms. The Labute approximate surface area is 216 Å². The Morgan fingerprint density at radius 1 is 0.657 bits per heavy atom. The van der Waals surface area contributed by atoms with Gasteiger partial charge in [0.15, 0.2) is 0 Å². The van der Waals surface area contributed by atoms with Gasteiger partial charge in [0.25, 0.3) is 0 Å². The Morgan fingerprint density at radius 3 is 1.54 bits per heavy atom. The predicted octanol–water partition coefficient (Wildman–Crippen LogP) is 7.20. The summed E-state index contributed by atoms with van der Waals surface area (Å²) in [4.78, 5) is 40.0. The summed E-state index contributed by atoms with van der Waals surface area (Å²) in [6.45, 7) is 15.9. The van der Waals surface area contributed by atoms with E-state index in [2.05, 4.69) is 0 Å². The molecule has 3 aliphatic rings. The minimum absolute atomic E-state index is 0.353. The summed E-state index contributed by atoms with van der Waals surface area (Å²) >= 11 is -4.91. The van der Waals surface area contributed by atoms with Crippen LogP contribution in [0, 0.1) is 16.2 Å². The summed E-state index contributed by atoms with van der Waals surface area (Å²) in [5.74, 6) is -1.49. The van der Waals surface area contributed by atoms with Crippen LogP contribution in [0.2, 0.25) is 4.22 Å². The molecule has 0 amide bonds. The Kier molecular flexibility index (Phi) is 7.90. The number of hydrogen-bond acceptors (Lipinski definition) is 6. The quantitative estimate of drug-likeness (QED) is 0.362. The Hall–Kier alpha value is -1.40. The summed E-state index contributed by atoms with van der Waals surface area (Å²) in [7, 11) is 0. The van der Waals surface area contributed by atoms with Gasteiger partial charge in [-0.15, -0.1) is 0 Å². The second-order valence-electron chi connectivity index (χ2n) is 13.4. The third kappa shape index (κ3) is 6.13. The molecule has 0 aliphatic heterocycles. The van der Waals surface area contributed by atoms with Crippen molar-refractivity contribution in [2.75, 3.05) is 0 Å². The van der Waals surface area contributed by atoms with Crippen molar-refractivity contribution in [1.82, 2.24) is 0 Å². The molecule has 0 saturated heterocycles. The van der Waals surface area contributed by atoms with Gasteiger partial charge in [0.2, 0.25) is 0 Å². The van der Waals surface area contributed by atoms with E-state index in [1.165, 1.54) is 35.1 Å². The number of rotatable bonds is 4. The molecule has 0 saturated carbocycles. The van der Waals surface area contributed by atoms with Crippen LogP contribution in [0.1, 0.15) is 114 Å². The van der Waals surface area contributed by atoms with E-state index in [1.807, 2.05) is 0 Å². The number of carbonyl (C=O) groups is 3. The number of allylic oxidation sites excluding steroid dienone is 4. The maximum atomic E-state index is 13.3. The maximum absolute atomic E-state index is 13.3. The second kappa shape index (κ2) is 9.81. The van der Waals surface area contributed by atoms with Gasteiger partial charge in [-0.3, -0.25) is 0 Å². The molecule has 35 heavy (non-hydrogen) atoms. The molecule has 0 fully saturated rings. The van der Waals surface area contributed by atoms with Crippen LogP contribution < -0.4 is 0 Å². The molecule has 0 bridgehead atoms. The van der Waals surface area contributed by atoms with Crippen molar-refractivity contribution in [3.8, 4) is 0 Å². The fourth-order valence-corrected chi connectivity index (χ4v) is 10.3. The van der Waals surface area contributed by atoms with E-state index >= 15 is 0 Å². The summed E-state index contributed by atoms with van der Waals surface area (Å²) in [6.07, 6.45) is 7.91. The zero-order valence-corrected chi connectivity index (χ0v) is 24.7. The summed E-state index contributed by atoms with van der Waals surface area (Å²) in [5, 5.41) is 0. The van der Waals surface area contributed by atoms with E-state index in [9.17, 15) is 14.4 Å². The van der Waals surface area contributed by atoms with Crippen LogP contribution in [-0.2, 0) is 42.1 Å². The van der Waals surface area contributed by atoms with Crippen molar-refractivity contribution in [3.63, 3.8) is 0 Å². The van der Waals surface area contributed by atoms with Crippen molar-refractivity contribution in [1.29, 1.82) is 0 Å². The molecule has 0 N–H and O–H groups in total. The first-order valence-electron chi connectivity index (χ1n) is 13.1. The van der Waals surface area contributed by atoms with Gasteiger partial charge >= 0.3 is 216 Å². The van der Waals surface area contributed by atoms with Crippen LogP contribution in [0.15, 0.2) is 22.3 Å². The molecular weight excluding hydrogens is 480 g/mol. The number of hydrogen-bond donors (Lipinski definition) is 0. The van der Waals surface area contributed by atoms with Crippen LogP contribution in [0.4, 0.5) is 0 Å². The van der Waals surface area contributed by atoms with Gasteiger partial charge in [0, 0.05) is 0 Å². The van der Waals surface area contributed by atoms with Gasteiger partial charge in [-0.1, -0.05) is 0 Å². The fraction of sp³-hybridized carbons (Fsp3) is 0.750. The van der Waals surface area contributed by atoms with Crippen molar-refractivity contribution in [2.45, 2.75) is 118 Å². The molecule has 7 heteroatoms. The van der Waals surface area contributed by atoms with Crippen molar-refractivity contribution in [2.24, 2.45) is 16.2 Å². The molecule has 0 heterocycles. The SMILES string of the molecule is CC(C)(C)C(=O)[O][Ti]([O]C(=O)C(C)(C)C)([O]C(=O)C(C)(C)C)[CH]1CCCC2=C1CC1=C2CCCC1. The van der Waals surface area contributed by atoms with Gasteiger partial charge < -0.3 is 0 Å². The van der Waals surface area contributed by atoms with Crippen LogP contribution >= 0.6 is 0 Å². The standard InChI is InChI=1S/C13H17.3C5H10O2.Ti/c1-3-7-12-10(5-1)9-11-6-2-4-8-13(11)12;3*1-5(2,3)4(6)7;/h5H,1-4,6-9H2;3*1-3H3,(H,6,7);/q;;;;+3/p-3. The zero-order valence-electron chi connectivity index (χ0n) is 23.2. The van der Waals surface area contributed by atoms with Crippen molar-refractivity contribution >= 4 is 17.9 Å². The third-order valence-electron chi connectivity index (χ3n) is 7.05. The molecule has 0 aromatic rings. The molecule has 0 radical (unpaired) electrons. The first-order chi connectivity index (χ1) is 16.0. The van der Waals surface area contributed by atoms with Gasteiger partial charge in [0.05, 0.1) is 0 Å². The Bertz CT molecular complexity index is 882. The molecular formula is C28H44O6Ti. The predicted molar refractivity (Wildman–Crippen MR) is 131 cm³/mol. The molecule has 0 aromatic carbocycles. The van der Waals surface area contributed by atoms with Gasteiger partial charge in [-0.2, -0.15) is 0 Å². The minimum atomic E-state index is -4.91. The summed E-state index contributed by atoms with van der Waals surface area (Å²) in [5.41, 5.74) is 2.95.